The van der Waals surface area contributed by atoms with Crippen LogP contribution in [0.4, 0.5) is 13.2 Å². The van der Waals surface area contributed by atoms with Gasteiger partial charge >= 0.3 is 24.1 Å². The summed E-state index contributed by atoms with van der Waals surface area (Å²) in [5.41, 5.74) is 0. The summed E-state index contributed by atoms with van der Waals surface area (Å²) in [6.45, 7) is 1.02. The van der Waals surface area contributed by atoms with E-state index in [1.807, 2.05) is 0 Å². The summed E-state index contributed by atoms with van der Waals surface area (Å²) in [4.78, 5) is 0. The third-order valence-corrected chi connectivity index (χ3v) is 1.98. The summed E-state index contributed by atoms with van der Waals surface area (Å²) in [5.74, 6) is 0. The van der Waals surface area contributed by atoms with Gasteiger partial charge in [0.2, 0.25) is 0 Å². The molecule has 0 aromatic heterocycles. The van der Waals surface area contributed by atoms with E-state index in [9.17, 15) is 26.1 Å². The van der Waals surface area contributed by atoms with E-state index in [-0.39, 0.29) is 18.9 Å². The monoisotopic (exact) mass is 198 g/mol. The van der Waals surface area contributed by atoms with Crippen molar-refractivity contribution in [1.29, 1.82) is 0 Å². The Morgan fingerprint density at radius 2 is 1.83 bits per heavy atom. The Morgan fingerprint density at radius 3 is 1.92 bits per heavy atom. The van der Waals surface area contributed by atoms with Crippen molar-refractivity contribution in [3.63, 3.8) is 0 Å². The normalized spacial score (nSPS) is 15.1. The fourth-order valence-electron chi connectivity index (χ4n) is 0.394. The van der Waals surface area contributed by atoms with Gasteiger partial charge in [-0.05, 0) is 6.42 Å². The molecule has 68 valence electrons. The molecule has 0 bridgehead atoms. The Hall–Kier alpha value is 0.297. The second-order valence-corrected chi connectivity index (χ2v) is 3.34. The van der Waals surface area contributed by atoms with Gasteiger partial charge < -0.3 is 4.55 Å². The summed E-state index contributed by atoms with van der Waals surface area (Å²) >= 11 is 0. The fraction of sp³-hybridized carbons (Fsp3) is 1.00. The van der Waals surface area contributed by atoms with Crippen molar-refractivity contribution in [2.24, 2.45) is 0 Å². The Kier molecular flexibility index (Phi) is 5.56. The van der Waals surface area contributed by atoms with Gasteiger partial charge in [0.25, 0.3) is 0 Å². The molecule has 0 rings (SSSR count). The van der Waals surface area contributed by atoms with E-state index in [1.165, 1.54) is 0 Å². The molecule has 0 aliphatic rings. The molecule has 0 amide bonds. The Balaban J connectivity index is 0. The zero-order chi connectivity index (χ0) is 9.28. The average Bonchev–Trinajstić information content (AvgIpc) is 1.83. The first kappa shape index (κ1) is 14.8. The van der Waals surface area contributed by atoms with E-state index >= 15 is 0 Å². The van der Waals surface area contributed by atoms with E-state index < -0.39 is 28.0 Å². The fourth-order valence-corrected chi connectivity index (χ4v) is 0.874. The summed E-state index contributed by atoms with van der Waals surface area (Å²) in [5, 5.41) is -4.80. The number of rotatable bonds is 3. The number of hydrogen-bond donors (Lipinski definition) is 0. The van der Waals surface area contributed by atoms with Crippen LogP contribution in [0.25, 0.3) is 0 Å². The van der Waals surface area contributed by atoms with Gasteiger partial charge in [-0.15, -0.1) is 0 Å². The van der Waals surface area contributed by atoms with Crippen LogP contribution in [0.5, 0.6) is 0 Å². The van der Waals surface area contributed by atoms with Crippen LogP contribution < -0.4 is 18.9 Å². The summed E-state index contributed by atoms with van der Waals surface area (Å²) in [6.07, 6.45) is -3.64. The molecular weight excluding hydrogens is 192 g/mol. The van der Waals surface area contributed by atoms with Gasteiger partial charge in [0, 0.05) is 0 Å². The van der Waals surface area contributed by atoms with Gasteiger partial charge in [-0.3, -0.25) is 0 Å². The summed E-state index contributed by atoms with van der Waals surface area (Å²) < 4.78 is 65.3. The van der Waals surface area contributed by atoms with Crippen LogP contribution in [0.1, 0.15) is 13.3 Å². The molecule has 0 fully saturated rings. The second kappa shape index (κ2) is 4.51. The van der Waals surface area contributed by atoms with Crippen molar-refractivity contribution >= 4 is 10.1 Å². The molecule has 12 heavy (non-hydrogen) atoms. The predicted molar refractivity (Wildman–Crippen MR) is 29.8 cm³/mol. The molecule has 0 aromatic carbocycles. The molecule has 0 saturated carbocycles. The molecular formula is C4H6F3LiO3S. The van der Waals surface area contributed by atoms with Crippen molar-refractivity contribution < 1.29 is 45.0 Å². The Bertz CT molecular complexity index is 228. The average molecular weight is 198 g/mol. The smallest absolute Gasteiger partial charge is 0.743 e. The molecule has 0 aliphatic heterocycles. The third kappa shape index (κ3) is 2.98. The van der Waals surface area contributed by atoms with Crippen LogP contribution in [-0.2, 0) is 10.1 Å². The van der Waals surface area contributed by atoms with Gasteiger partial charge in [0.15, 0.2) is 16.3 Å². The van der Waals surface area contributed by atoms with E-state index in [1.54, 1.807) is 0 Å². The molecule has 0 saturated heterocycles. The first-order valence-electron chi connectivity index (χ1n) is 2.70. The van der Waals surface area contributed by atoms with Gasteiger partial charge in [-0.2, -0.15) is 8.78 Å². The van der Waals surface area contributed by atoms with Crippen LogP contribution in [-0.4, -0.2) is 24.4 Å². The number of alkyl halides is 3. The van der Waals surface area contributed by atoms with E-state index in [0.29, 0.717) is 0 Å². The van der Waals surface area contributed by atoms with Crippen LogP contribution in [0, 0.1) is 0 Å². The number of halogens is 3. The molecule has 0 aliphatic carbocycles. The van der Waals surface area contributed by atoms with Crippen LogP contribution in [0.3, 0.4) is 0 Å². The van der Waals surface area contributed by atoms with Crippen molar-refractivity contribution in [2.45, 2.75) is 24.8 Å². The van der Waals surface area contributed by atoms with Gasteiger partial charge in [0.1, 0.15) is 0 Å². The van der Waals surface area contributed by atoms with E-state index in [2.05, 4.69) is 0 Å². The molecule has 0 N–H and O–H groups in total. The van der Waals surface area contributed by atoms with E-state index in [4.69, 9.17) is 0 Å². The SMILES string of the molecule is CCC(F)C(F)(F)S(=O)(=O)[O-].[Li+]. The number of hydrogen-bond acceptors (Lipinski definition) is 3. The van der Waals surface area contributed by atoms with Crippen molar-refractivity contribution in [3.8, 4) is 0 Å². The zero-order valence-electron chi connectivity index (χ0n) is 6.55. The van der Waals surface area contributed by atoms with Gasteiger partial charge in [0.05, 0.1) is 0 Å². The molecule has 8 heteroatoms. The maximum absolute atomic E-state index is 12.1. The minimum atomic E-state index is -5.87. The second-order valence-electron chi connectivity index (χ2n) is 1.89. The standard InChI is InChI=1S/C4H7F3O3S.Li/c1-2-3(5)4(6,7)11(8,9)10;/h3H,2H2,1H3,(H,8,9,10);/q;+1/p-1. The van der Waals surface area contributed by atoms with Crippen molar-refractivity contribution in [2.75, 3.05) is 0 Å². The zero-order valence-corrected chi connectivity index (χ0v) is 7.37. The molecule has 3 nitrogen and oxygen atoms in total. The van der Waals surface area contributed by atoms with Crippen LogP contribution in [0.15, 0.2) is 0 Å². The van der Waals surface area contributed by atoms with Gasteiger partial charge in [-0.25, -0.2) is 12.8 Å². The van der Waals surface area contributed by atoms with Gasteiger partial charge in [-0.1, -0.05) is 6.92 Å². The third-order valence-electron chi connectivity index (χ3n) is 1.06. The first-order valence-corrected chi connectivity index (χ1v) is 4.11. The molecule has 1 unspecified atom stereocenters. The van der Waals surface area contributed by atoms with E-state index in [0.717, 1.165) is 6.92 Å². The molecule has 0 aromatic rings. The molecule has 0 radical (unpaired) electrons. The summed E-state index contributed by atoms with van der Waals surface area (Å²) in [7, 11) is -5.87. The maximum atomic E-state index is 12.1. The molecule has 0 heterocycles. The molecule has 0 spiro atoms. The van der Waals surface area contributed by atoms with Crippen molar-refractivity contribution in [3.05, 3.63) is 0 Å². The summed E-state index contributed by atoms with van der Waals surface area (Å²) in [6, 6.07) is 0. The Labute approximate surface area is 80.3 Å². The Morgan fingerprint density at radius 1 is 1.50 bits per heavy atom. The molecule has 1 atom stereocenters. The maximum Gasteiger partial charge on any atom is 1.00 e. The first-order chi connectivity index (χ1) is 4.73. The topological polar surface area (TPSA) is 57.2 Å². The van der Waals surface area contributed by atoms with Crippen LogP contribution >= 0.6 is 0 Å². The van der Waals surface area contributed by atoms with Crippen LogP contribution in [0.2, 0.25) is 0 Å². The van der Waals surface area contributed by atoms with Crippen molar-refractivity contribution in [1.82, 2.24) is 0 Å². The minimum Gasteiger partial charge on any atom is -0.743 e. The quantitative estimate of drug-likeness (QED) is 0.384. The largest absolute Gasteiger partial charge is 1.00 e. The predicted octanol–water partition coefficient (Wildman–Crippen LogP) is -2.12. The minimum absolute atomic E-state index is 0.